The lowest BCUT2D eigenvalue weighted by atomic mass is 10.1. The minimum absolute atomic E-state index is 0.443. The second kappa shape index (κ2) is 5.41. The van der Waals surface area contributed by atoms with Gasteiger partial charge in [0, 0.05) is 6.04 Å². The van der Waals surface area contributed by atoms with E-state index in [1.54, 1.807) is 0 Å². The summed E-state index contributed by atoms with van der Waals surface area (Å²) in [6.07, 6.45) is -4.87. The smallest absolute Gasteiger partial charge is 0.417 e. The summed E-state index contributed by atoms with van der Waals surface area (Å²) >= 11 is 0. The van der Waals surface area contributed by atoms with Crippen LogP contribution in [0.1, 0.15) is 29.8 Å². The molecule has 0 spiro atoms. The molecular formula is C11H12F3NO4S. The zero-order valence-corrected chi connectivity index (χ0v) is 11.3. The summed E-state index contributed by atoms with van der Waals surface area (Å²) in [4.78, 5) is 10.3. The van der Waals surface area contributed by atoms with E-state index in [0.29, 0.717) is 12.1 Å². The number of rotatable bonds is 4. The number of carbonyl (C=O) groups is 1. The molecule has 20 heavy (non-hydrogen) atoms. The SMILES string of the molecule is CC(C)NS(=O)(=O)c1ccc(C(F)(F)F)c(C(=O)O)c1. The first kappa shape index (κ1) is 16.4. The van der Waals surface area contributed by atoms with E-state index in [0.717, 1.165) is 6.07 Å². The highest BCUT2D eigenvalue weighted by molar-refractivity contribution is 7.89. The van der Waals surface area contributed by atoms with Gasteiger partial charge in [0.1, 0.15) is 0 Å². The summed E-state index contributed by atoms with van der Waals surface area (Å²) in [5.74, 6) is -1.85. The molecule has 0 atom stereocenters. The Labute approximate surface area is 113 Å². The van der Waals surface area contributed by atoms with E-state index < -0.39 is 44.2 Å². The Bertz CT molecular complexity index is 623. The average molecular weight is 311 g/mol. The Morgan fingerprint density at radius 3 is 2.25 bits per heavy atom. The van der Waals surface area contributed by atoms with Crippen molar-refractivity contribution in [3.8, 4) is 0 Å². The van der Waals surface area contributed by atoms with Crippen molar-refractivity contribution >= 4 is 16.0 Å². The van der Waals surface area contributed by atoms with Gasteiger partial charge in [0.25, 0.3) is 0 Å². The van der Waals surface area contributed by atoms with Crippen molar-refractivity contribution in [1.29, 1.82) is 0 Å². The summed E-state index contributed by atoms with van der Waals surface area (Å²) < 4.78 is 63.6. The Morgan fingerprint density at radius 2 is 1.85 bits per heavy atom. The fourth-order valence-electron chi connectivity index (χ4n) is 1.49. The van der Waals surface area contributed by atoms with Gasteiger partial charge >= 0.3 is 12.1 Å². The Hall–Kier alpha value is -1.61. The molecule has 5 nitrogen and oxygen atoms in total. The van der Waals surface area contributed by atoms with Gasteiger partial charge in [0.15, 0.2) is 0 Å². The Morgan fingerprint density at radius 1 is 1.30 bits per heavy atom. The number of hydrogen-bond acceptors (Lipinski definition) is 3. The van der Waals surface area contributed by atoms with Crippen LogP contribution in [-0.4, -0.2) is 25.5 Å². The van der Waals surface area contributed by atoms with Crippen molar-refractivity contribution in [3.63, 3.8) is 0 Å². The summed E-state index contributed by atoms with van der Waals surface area (Å²) in [6, 6.07) is 1.18. The van der Waals surface area contributed by atoms with E-state index in [2.05, 4.69) is 4.72 Å². The molecule has 2 N–H and O–H groups in total. The summed E-state index contributed by atoms with van der Waals surface area (Å²) in [7, 11) is -4.06. The number of benzene rings is 1. The minimum atomic E-state index is -4.87. The molecule has 0 aliphatic heterocycles. The molecule has 9 heteroatoms. The maximum atomic E-state index is 12.6. The van der Waals surface area contributed by atoms with Gasteiger partial charge in [0.2, 0.25) is 10.0 Å². The van der Waals surface area contributed by atoms with E-state index in [4.69, 9.17) is 5.11 Å². The van der Waals surface area contributed by atoms with Gasteiger partial charge in [-0.25, -0.2) is 17.9 Å². The zero-order valence-electron chi connectivity index (χ0n) is 10.5. The van der Waals surface area contributed by atoms with Crippen molar-refractivity contribution in [3.05, 3.63) is 29.3 Å². The third-order valence-electron chi connectivity index (χ3n) is 2.23. The lowest BCUT2D eigenvalue weighted by Gasteiger charge is -2.13. The zero-order chi connectivity index (χ0) is 15.7. The maximum Gasteiger partial charge on any atom is 0.417 e. The van der Waals surface area contributed by atoms with Crippen LogP contribution in [0.15, 0.2) is 23.1 Å². The number of nitrogens with one attached hydrogen (secondary N) is 1. The lowest BCUT2D eigenvalue weighted by Crippen LogP contribution is -2.30. The third-order valence-corrected chi connectivity index (χ3v) is 3.88. The van der Waals surface area contributed by atoms with Crippen LogP contribution < -0.4 is 4.72 Å². The van der Waals surface area contributed by atoms with Crippen LogP contribution in [0, 0.1) is 0 Å². The molecule has 0 aliphatic carbocycles. The number of sulfonamides is 1. The molecule has 1 aromatic carbocycles. The first-order valence-corrected chi connectivity index (χ1v) is 6.90. The lowest BCUT2D eigenvalue weighted by molar-refractivity contribution is -0.138. The van der Waals surface area contributed by atoms with Crippen molar-refractivity contribution in [2.24, 2.45) is 0 Å². The molecule has 0 radical (unpaired) electrons. The standard InChI is InChI=1S/C11H12F3NO4S/c1-6(2)15-20(18,19)7-3-4-9(11(12,13)14)8(5-7)10(16)17/h3-6,15H,1-2H3,(H,16,17). The molecule has 0 fully saturated rings. The van der Waals surface area contributed by atoms with E-state index in [1.807, 2.05) is 0 Å². The molecular weight excluding hydrogens is 299 g/mol. The van der Waals surface area contributed by atoms with Crippen LogP contribution in [0.3, 0.4) is 0 Å². The molecule has 0 aromatic heterocycles. The third kappa shape index (κ3) is 3.70. The predicted molar refractivity (Wildman–Crippen MR) is 63.9 cm³/mol. The molecule has 0 heterocycles. The summed E-state index contributed by atoms with van der Waals surface area (Å²) in [5, 5.41) is 8.79. The second-order valence-corrected chi connectivity index (χ2v) is 6.00. The molecule has 0 saturated heterocycles. The summed E-state index contributed by atoms with van der Waals surface area (Å²) in [5.41, 5.74) is -2.50. The predicted octanol–water partition coefficient (Wildman–Crippen LogP) is 2.09. The molecule has 0 saturated carbocycles. The van der Waals surface area contributed by atoms with Crippen molar-refractivity contribution < 1.29 is 31.5 Å². The molecule has 0 unspecified atom stereocenters. The normalized spacial score (nSPS) is 12.7. The molecule has 1 aromatic rings. The number of halogens is 3. The van der Waals surface area contributed by atoms with Crippen molar-refractivity contribution in [2.75, 3.05) is 0 Å². The maximum absolute atomic E-state index is 12.6. The van der Waals surface area contributed by atoms with E-state index >= 15 is 0 Å². The van der Waals surface area contributed by atoms with Crippen LogP contribution in [0.5, 0.6) is 0 Å². The fraction of sp³-hybridized carbons (Fsp3) is 0.364. The molecule has 0 amide bonds. The highest BCUT2D eigenvalue weighted by atomic mass is 32.2. The first-order valence-electron chi connectivity index (χ1n) is 5.42. The summed E-state index contributed by atoms with van der Waals surface area (Å²) in [6.45, 7) is 3.06. The quantitative estimate of drug-likeness (QED) is 0.892. The van der Waals surface area contributed by atoms with Crippen LogP contribution in [0.25, 0.3) is 0 Å². The van der Waals surface area contributed by atoms with Gasteiger partial charge in [0.05, 0.1) is 16.0 Å². The highest BCUT2D eigenvalue weighted by Gasteiger charge is 2.36. The second-order valence-electron chi connectivity index (χ2n) is 4.29. The van der Waals surface area contributed by atoms with Crippen molar-refractivity contribution in [2.45, 2.75) is 31.0 Å². The number of carboxylic acids is 1. The van der Waals surface area contributed by atoms with Gasteiger partial charge in [-0.05, 0) is 32.0 Å². The number of hydrogen-bond donors (Lipinski definition) is 2. The van der Waals surface area contributed by atoms with E-state index in [9.17, 15) is 26.4 Å². The van der Waals surface area contributed by atoms with Gasteiger partial charge in [-0.1, -0.05) is 0 Å². The Kier molecular flexibility index (Phi) is 4.45. The van der Waals surface area contributed by atoms with E-state index in [-0.39, 0.29) is 0 Å². The van der Waals surface area contributed by atoms with Crippen molar-refractivity contribution in [1.82, 2.24) is 4.72 Å². The molecule has 0 bridgehead atoms. The topological polar surface area (TPSA) is 83.5 Å². The van der Waals surface area contributed by atoms with Gasteiger partial charge < -0.3 is 5.11 Å². The molecule has 112 valence electrons. The van der Waals surface area contributed by atoms with Gasteiger partial charge in [-0.3, -0.25) is 0 Å². The van der Waals surface area contributed by atoms with Gasteiger partial charge in [-0.15, -0.1) is 0 Å². The Balaban J connectivity index is 3.42. The fourth-order valence-corrected chi connectivity index (χ4v) is 2.77. The molecule has 1 rings (SSSR count). The average Bonchev–Trinajstić information content (AvgIpc) is 2.25. The van der Waals surface area contributed by atoms with Crippen LogP contribution in [-0.2, 0) is 16.2 Å². The van der Waals surface area contributed by atoms with Gasteiger partial charge in [-0.2, -0.15) is 13.2 Å². The van der Waals surface area contributed by atoms with Crippen LogP contribution in [0.4, 0.5) is 13.2 Å². The van der Waals surface area contributed by atoms with Crippen LogP contribution in [0.2, 0.25) is 0 Å². The number of alkyl halides is 3. The number of carboxylic acid groups (broad SMARTS) is 1. The minimum Gasteiger partial charge on any atom is -0.478 e. The van der Waals surface area contributed by atoms with Crippen LogP contribution >= 0.6 is 0 Å². The number of aromatic carboxylic acids is 1. The largest absolute Gasteiger partial charge is 0.478 e. The monoisotopic (exact) mass is 311 g/mol. The molecule has 0 aliphatic rings. The first-order chi connectivity index (χ1) is 8.95. The highest BCUT2D eigenvalue weighted by Crippen LogP contribution is 2.33. The van der Waals surface area contributed by atoms with E-state index in [1.165, 1.54) is 13.8 Å².